The van der Waals surface area contributed by atoms with E-state index in [0.717, 1.165) is 12.1 Å². The lowest BCUT2D eigenvalue weighted by atomic mass is 9.88. The minimum absolute atomic E-state index is 0.713. The van der Waals surface area contributed by atoms with E-state index in [1.54, 1.807) is 12.4 Å². The fourth-order valence-electron chi connectivity index (χ4n) is 2.92. The van der Waals surface area contributed by atoms with Crippen molar-refractivity contribution in [1.29, 1.82) is 0 Å². The molecule has 3 nitrogen and oxygen atoms in total. The second-order valence-electron chi connectivity index (χ2n) is 5.75. The summed E-state index contributed by atoms with van der Waals surface area (Å²) in [7, 11) is 0. The second kappa shape index (κ2) is 6.74. The van der Waals surface area contributed by atoms with Crippen LogP contribution in [0.15, 0.2) is 54.9 Å². The highest BCUT2D eigenvalue weighted by Crippen LogP contribution is 2.28. The first-order valence-electron chi connectivity index (χ1n) is 7.81. The van der Waals surface area contributed by atoms with Crippen LogP contribution in [0.4, 0.5) is 0 Å². The molecule has 1 aromatic carbocycles. The van der Waals surface area contributed by atoms with E-state index < -0.39 is 5.60 Å². The Morgan fingerprint density at radius 3 is 2.45 bits per heavy atom. The fourth-order valence-corrected chi connectivity index (χ4v) is 2.92. The van der Waals surface area contributed by atoms with Gasteiger partial charge in [-0.05, 0) is 12.0 Å². The Morgan fingerprint density at radius 2 is 1.77 bits per heavy atom. The van der Waals surface area contributed by atoms with Gasteiger partial charge in [0.15, 0.2) is 5.60 Å². The van der Waals surface area contributed by atoms with Gasteiger partial charge in [-0.25, -0.2) is 0 Å². The van der Waals surface area contributed by atoms with Crippen LogP contribution in [0, 0.1) is 11.8 Å². The lowest BCUT2D eigenvalue weighted by molar-refractivity contribution is -0.879. The molecular formula is C19H21N2O+. The largest absolute Gasteiger partial charge is 0.369 e. The van der Waals surface area contributed by atoms with Crippen molar-refractivity contribution in [2.45, 2.75) is 18.4 Å². The van der Waals surface area contributed by atoms with Gasteiger partial charge in [0.25, 0.3) is 0 Å². The van der Waals surface area contributed by atoms with Crippen molar-refractivity contribution < 1.29 is 10.0 Å². The van der Waals surface area contributed by atoms with Gasteiger partial charge in [-0.1, -0.05) is 42.3 Å². The zero-order valence-corrected chi connectivity index (χ0v) is 12.6. The van der Waals surface area contributed by atoms with Crippen LogP contribution in [0.1, 0.15) is 24.0 Å². The molecule has 112 valence electrons. The number of rotatable bonds is 3. The number of likely N-dealkylation sites (tertiary alicyclic amines) is 1. The van der Waals surface area contributed by atoms with Crippen molar-refractivity contribution in [2.24, 2.45) is 0 Å². The SMILES string of the molecule is O[C@@](C#CC[NH+]1CCCC1)(c1ccccc1)c1cccnc1. The molecule has 0 aliphatic carbocycles. The Morgan fingerprint density at radius 1 is 1.05 bits per heavy atom. The monoisotopic (exact) mass is 293 g/mol. The van der Waals surface area contributed by atoms with Crippen LogP contribution in [0.3, 0.4) is 0 Å². The van der Waals surface area contributed by atoms with Gasteiger partial charge in [0.2, 0.25) is 0 Å². The van der Waals surface area contributed by atoms with Gasteiger partial charge in [-0.3, -0.25) is 4.98 Å². The van der Waals surface area contributed by atoms with Crippen LogP contribution in [-0.4, -0.2) is 29.7 Å². The quantitative estimate of drug-likeness (QED) is 0.829. The van der Waals surface area contributed by atoms with Crippen LogP contribution in [0.2, 0.25) is 0 Å². The van der Waals surface area contributed by atoms with Gasteiger partial charge in [-0.2, -0.15) is 0 Å². The van der Waals surface area contributed by atoms with Gasteiger partial charge in [-0.15, -0.1) is 0 Å². The zero-order valence-electron chi connectivity index (χ0n) is 12.6. The Kier molecular flexibility index (Phi) is 4.53. The summed E-state index contributed by atoms with van der Waals surface area (Å²) in [6.07, 6.45) is 5.95. The molecule has 0 radical (unpaired) electrons. The number of aromatic nitrogens is 1. The zero-order chi connectivity index (χ0) is 15.3. The summed E-state index contributed by atoms with van der Waals surface area (Å²) in [6.45, 7) is 3.16. The number of nitrogens with zero attached hydrogens (tertiary/aromatic N) is 1. The average Bonchev–Trinajstić information content (AvgIpc) is 3.10. The molecule has 22 heavy (non-hydrogen) atoms. The molecule has 1 saturated heterocycles. The maximum atomic E-state index is 11.2. The van der Waals surface area contributed by atoms with E-state index in [1.165, 1.54) is 30.8 Å². The lowest BCUT2D eigenvalue weighted by Crippen LogP contribution is -3.09. The third-order valence-electron chi connectivity index (χ3n) is 4.19. The van der Waals surface area contributed by atoms with Gasteiger partial charge >= 0.3 is 0 Å². The fraction of sp³-hybridized carbons (Fsp3) is 0.316. The maximum absolute atomic E-state index is 11.2. The molecule has 0 bridgehead atoms. The summed E-state index contributed by atoms with van der Waals surface area (Å²) >= 11 is 0. The number of pyridine rings is 1. The van der Waals surface area contributed by atoms with E-state index in [9.17, 15) is 5.11 Å². The Labute approximate surface area is 131 Å². The number of benzene rings is 1. The number of nitrogens with one attached hydrogen (secondary N) is 1. The predicted octanol–water partition coefficient (Wildman–Crippen LogP) is 1.000. The molecule has 0 unspecified atom stereocenters. The van der Waals surface area contributed by atoms with E-state index in [0.29, 0.717) is 5.56 Å². The third kappa shape index (κ3) is 3.19. The minimum Gasteiger partial charge on any atom is -0.369 e. The molecule has 0 amide bonds. The van der Waals surface area contributed by atoms with Crippen molar-refractivity contribution in [1.82, 2.24) is 4.98 Å². The summed E-state index contributed by atoms with van der Waals surface area (Å²) in [5.41, 5.74) is 0.200. The van der Waals surface area contributed by atoms with Crippen molar-refractivity contribution in [2.75, 3.05) is 19.6 Å². The molecule has 0 spiro atoms. The number of aliphatic hydroxyl groups is 1. The smallest absolute Gasteiger partial charge is 0.178 e. The number of quaternary nitrogens is 1. The topological polar surface area (TPSA) is 37.6 Å². The molecule has 2 aromatic rings. The molecule has 1 aliphatic rings. The molecule has 2 heterocycles. The Balaban J connectivity index is 1.91. The van der Waals surface area contributed by atoms with Crippen molar-refractivity contribution in [3.63, 3.8) is 0 Å². The molecule has 2 N–H and O–H groups in total. The summed E-state index contributed by atoms with van der Waals surface area (Å²) in [4.78, 5) is 5.64. The summed E-state index contributed by atoms with van der Waals surface area (Å²) in [6, 6.07) is 13.3. The molecular weight excluding hydrogens is 272 g/mol. The van der Waals surface area contributed by atoms with Crippen LogP contribution in [0.5, 0.6) is 0 Å². The molecule has 1 aromatic heterocycles. The highest BCUT2D eigenvalue weighted by molar-refractivity contribution is 5.43. The van der Waals surface area contributed by atoms with E-state index in [1.807, 2.05) is 42.5 Å². The highest BCUT2D eigenvalue weighted by Gasteiger charge is 2.29. The normalized spacial score (nSPS) is 17.5. The molecule has 1 aliphatic heterocycles. The standard InChI is InChI=1S/C19H20N2O/c22-19(17-8-2-1-3-9-17,18-10-6-12-20-16-18)11-7-15-21-13-4-5-14-21/h1-3,6,8-10,12,16,22H,4-5,13-15H2/p+1/t19-/m0/s1. The van der Waals surface area contributed by atoms with Gasteiger partial charge < -0.3 is 10.0 Å². The molecule has 3 heteroatoms. The minimum atomic E-state index is -1.30. The van der Waals surface area contributed by atoms with Crippen molar-refractivity contribution >= 4 is 0 Å². The third-order valence-corrected chi connectivity index (χ3v) is 4.19. The lowest BCUT2D eigenvalue weighted by Gasteiger charge is -2.23. The van der Waals surface area contributed by atoms with Crippen molar-refractivity contribution in [3.8, 4) is 11.8 Å². The van der Waals surface area contributed by atoms with Crippen LogP contribution in [-0.2, 0) is 5.60 Å². The Hall–Kier alpha value is -2.15. The first-order valence-corrected chi connectivity index (χ1v) is 7.81. The first-order chi connectivity index (χ1) is 10.8. The van der Waals surface area contributed by atoms with E-state index in [-0.39, 0.29) is 0 Å². The molecule has 1 atom stereocenters. The molecule has 0 saturated carbocycles. The van der Waals surface area contributed by atoms with E-state index in [2.05, 4.69) is 16.8 Å². The predicted molar refractivity (Wildman–Crippen MR) is 86.3 cm³/mol. The maximum Gasteiger partial charge on any atom is 0.178 e. The summed E-state index contributed by atoms with van der Waals surface area (Å²) < 4.78 is 0. The van der Waals surface area contributed by atoms with Crippen LogP contribution in [0.25, 0.3) is 0 Å². The highest BCUT2D eigenvalue weighted by atomic mass is 16.3. The van der Waals surface area contributed by atoms with Crippen LogP contribution >= 0.6 is 0 Å². The van der Waals surface area contributed by atoms with E-state index >= 15 is 0 Å². The number of hydrogen-bond donors (Lipinski definition) is 2. The number of hydrogen-bond acceptors (Lipinski definition) is 2. The van der Waals surface area contributed by atoms with Gasteiger partial charge in [0, 0.05) is 36.4 Å². The van der Waals surface area contributed by atoms with Crippen LogP contribution < -0.4 is 4.90 Å². The average molecular weight is 293 g/mol. The first kappa shape index (κ1) is 14.8. The molecule has 3 rings (SSSR count). The summed E-state index contributed by atoms with van der Waals surface area (Å²) in [5.74, 6) is 6.30. The Bertz CT molecular complexity index is 613. The second-order valence-corrected chi connectivity index (χ2v) is 5.75. The van der Waals surface area contributed by atoms with Gasteiger partial charge in [0.1, 0.15) is 6.54 Å². The summed E-state index contributed by atoms with van der Waals surface area (Å²) in [5, 5.41) is 11.2. The molecule has 1 fully saturated rings. The van der Waals surface area contributed by atoms with E-state index in [4.69, 9.17) is 0 Å². The van der Waals surface area contributed by atoms with Crippen molar-refractivity contribution in [3.05, 3.63) is 66.0 Å². The van der Waals surface area contributed by atoms with Gasteiger partial charge in [0.05, 0.1) is 13.1 Å².